The molecule has 1 aromatic heterocycles. The first-order valence-corrected chi connectivity index (χ1v) is 7.29. The number of hydrogen-bond acceptors (Lipinski definition) is 5. The Labute approximate surface area is 137 Å². The van der Waals surface area contributed by atoms with E-state index in [1.807, 2.05) is 13.0 Å². The van der Waals surface area contributed by atoms with Crippen molar-refractivity contribution in [1.29, 1.82) is 0 Å². The van der Waals surface area contributed by atoms with Gasteiger partial charge in [0.15, 0.2) is 5.75 Å². The van der Waals surface area contributed by atoms with Crippen LogP contribution in [0.25, 0.3) is 10.9 Å². The molecule has 0 amide bonds. The predicted octanol–water partition coefficient (Wildman–Crippen LogP) is 2.74. The third-order valence-corrected chi connectivity index (χ3v) is 3.72. The second-order valence-corrected chi connectivity index (χ2v) is 5.47. The maximum absolute atomic E-state index is 12.2. The fourth-order valence-corrected chi connectivity index (χ4v) is 2.56. The van der Waals surface area contributed by atoms with Crippen LogP contribution in [0.1, 0.15) is 17.0 Å². The number of rotatable bonds is 4. The summed E-state index contributed by atoms with van der Waals surface area (Å²) in [7, 11) is 1.38. The molecule has 0 aliphatic rings. The van der Waals surface area contributed by atoms with E-state index in [0.29, 0.717) is 23.1 Å². The molecule has 0 unspecified atom stereocenters. The Morgan fingerprint density at radius 1 is 1.25 bits per heavy atom. The lowest BCUT2D eigenvalue weighted by atomic mass is 10.1. The number of fused-ring (bicyclic) bond motifs is 1. The van der Waals surface area contributed by atoms with Crippen molar-refractivity contribution >= 4 is 16.6 Å². The number of aromatic nitrogens is 2. The number of ether oxygens (including phenoxy) is 1. The number of aromatic amines is 1. The van der Waals surface area contributed by atoms with Crippen molar-refractivity contribution < 1.29 is 9.66 Å². The molecule has 0 saturated carbocycles. The summed E-state index contributed by atoms with van der Waals surface area (Å²) in [6.45, 7) is 1.91. The maximum Gasteiger partial charge on any atom is 0.310 e. The largest absolute Gasteiger partial charge is 0.490 e. The molecule has 1 heterocycles. The summed E-state index contributed by atoms with van der Waals surface area (Å²) in [4.78, 5) is 29.8. The van der Waals surface area contributed by atoms with E-state index in [-0.39, 0.29) is 17.0 Å². The number of nitrogens with zero attached hydrogens (tertiary/aromatic N) is 2. The molecule has 0 aliphatic carbocycles. The van der Waals surface area contributed by atoms with E-state index in [2.05, 4.69) is 9.97 Å². The van der Waals surface area contributed by atoms with E-state index in [0.717, 1.165) is 11.1 Å². The van der Waals surface area contributed by atoms with Crippen molar-refractivity contribution in [2.75, 3.05) is 7.11 Å². The fraction of sp³-hybridized carbons (Fsp3) is 0.176. The summed E-state index contributed by atoms with van der Waals surface area (Å²) in [5, 5.41) is 11.5. The average Bonchev–Trinajstić information content (AvgIpc) is 2.55. The molecule has 7 heteroatoms. The molecular formula is C17H15N3O4. The summed E-state index contributed by atoms with van der Waals surface area (Å²) < 4.78 is 5.06. The van der Waals surface area contributed by atoms with Crippen molar-refractivity contribution in [3.8, 4) is 5.75 Å². The quantitative estimate of drug-likeness (QED) is 0.587. The third kappa shape index (κ3) is 2.96. The zero-order valence-corrected chi connectivity index (χ0v) is 13.2. The van der Waals surface area contributed by atoms with Crippen LogP contribution < -0.4 is 10.3 Å². The number of methoxy groups -OCH3 is 1. The van der Waals surface area contributed by atoms with E-state index < -0.39 is 4.92 Å². The number of aryl methyl sites for hydroxylation is 1. The van der Waals surface area contributed by atoms with Gasteiger partial charge in [-0.1, -0.05) is 17.7 Å². The standard InChI is InChI=1S/C17H15N3O4/c1-10-3-5-13-12(7-10)17(21)19-16(18-13)9-11-4-6-14(20(22)23)15(8-11)24-2/h3-8H,9H2,1-2H3,(H,18,19,21). The number of benzene rings is 2. The maximum atomic E-state index is 12.2. The molecule has 1 N–H and O–H groups in total. The highest BCUT2D eigenvalue weighted by Crippen LogP contribution is 2.28. The van der Waals surface area contributed by atoms with Gasteiger partial charge < -0.3 is 9.72 Å². The Morgan fingerprint density at radius 3 is 2.75 bits per heavy atom. The molecule has 3 aromatic rings. The van der Waals surface area contributed by atoms with E-state index in [1.165, 1.54) is 13.2 Å². The van der Waals surface area contributed by atoms with Crippen LogP contribution in [0.5, 0.6) is 5.75 Å². The topological polar surface area (TPSA) is 98.1 Å². The summed E-state index contributed by atoms with van der Waals surface area (Å²) >= 11 is 0. The normalized spacial score (nSPS) is 10.8. The van der Waals surface area contributed by atoms with Gasteiger partial charge in [-0.2, -0.15) is 0 Å². The van der Waals surface area contributed by atoms with Gasteiger partial charge in [-0.05, 0) is 30.7 Å². The Bertz CT molecular complexity index is 995. The van der Waals surface area contributed by atoms with Gasteiger partial charge >= 0.3 is 5.69 Å². The molecule has 0 aliphatic heterocycles. The lowest BCUT2D eigenvalue weighted by molar-refractivity contribution is -0.385. The molecule has 0 bridgehead atoms. The smallest absolute Gasteiger partial charge is 0.310 e. The molecule has 0 spiro atoms. The zero-order chi connectivity index (χ0) is 17.3. The summed E-state index contributed by atoms with van der Waals surface area (Å²) in [5.74, 6) is 0.670. The number of H-pyrrole nitrogens is 1. The van der Waals surface area contributed by atoms with Gasteiger partial charge in [0.05, 0.1) is 22.9 Å². The van der Waals surface area contributed by atoms with Gasteiger partial charge in [0.1, 0.15) is 5.82 Å². The van der Waals surface area contributed by atoms with Crippen LogP contribution in [-0.2, 0) is 6.42 Å². The molecule has 24 heavy (non-hydrogen) atoms. The summed E-state index contributed by atoms with van der Waals surface area (Å²) in [5.41, 5.74) is 2.06. The Morgan fingerprint density at radius 2 is 2.04 bits per heavy atom. The van der Waals surface area contributed by atoms with Crippen molar-refractivity contribution in [1.82, 2.24) is 9.97 Å². The highest BCUT2D eigenvalue weighted by atomic mass is 16.6. The zero-order valence-electron chi connectivity index (χ0n) is 13.2. The molecule has 0 fully saturated rings. The van der Waals surface area contributed by atoms with E-state index >= 15 is 0 Å². The molecule has 0 atom stereocenters. The van der Waals surface area contributed by atoms with Gasteiger partial charge in [0, 0.05) is 12.5 Å². The summed E-state index contributed by atoms with van der Waals surface area (Å²) in [6, 6.07) is 10.1. The molecular weight excluding hydrogens is 310 g/mol. The van der Waals surface area contributed by atoms with Crippen molar-refractivity contribution in [2.24, 2.45) is 0 Å². The van der Waals surface area contributed by atoms with Crippen LogP contribution in [0.4, 0.5) is 5.69 Å². The van der Waals surface area contributed by atoms with Crippen LogP contribution in [0.2, 0.25) is 0 Å². The molecule has 0 saturated heterocycles. The number of hydrogen-bond donors (Lipinski definition) is 1. The monoisotopic (exact) mass is 325 g/mol. The minimum Gasteiger partial charge on any atom is -0.490 e. The molecule has 7 nitrogen and oxygen atoms in total. The molecule has 2 aromatic carbocycles. The van der Waals surface area contributed by atoms with Crippen molar-refractivity contribution in [3.63, 3.8) is 0 Å². The molecule has 0 radical (unpaired) electrons. The SMILES string of the molecule is COc1cc(Cc2nc3ccc(C)cc3c(=O)[nH]2)ccc1[N+](=O)[O-]. The van der Waals surface area contributed by atoms with Crippen molar-refractivity contribution in [3.05, 3.63) is 73.8 Å². The number of nitro groups is 1. The minimum atomic E-state index is -0.499. The molecule has 122 valence electrons. The first-order chi connectivity index (χ1) is 11.5. The average molecular weight is 325 g/mol. The Hall–Kier alpha value is -3.22. The predicted molar refractivity (Wildman–Crippen MR) is 89.6 cm³/mol. The van der Waals surface area contributed by atoms with Gasteiger partial charge in [-0.25, -0.2) is 4.98 Å². The van der Waals surface area contributed by atoms with E-state index in [9.17, 15) is 14.9 Å². The number of nitrogens with one attached hydrogen (secondary N) is 1. The van der Waals surface area contributed by atoms with Gasteiger partial charge in [-0.3, -0.25) is 14.9 Å². The Balaban J connectivity index is 1.99. The fourth-order valence-electron chi connectivity index (χ4n) is 2.56. The molecule has 3 rings (SSSR count). The summed E-state index contributed by atoms with van der Waals surface area (Å²) in [6.07, 6.45) is 0.341. The van der Waals surface area contributed by atoms with Gasteiger partial charge in [0.2, 0.25) is 0 Å². The highest BCUT2D eigenvalue weighted by molar-refractivity contribution is 5.78. The second-order valence-electron chi connectivity index (χ2n) is 5.47. The van der Waals surface area contributed by atoms with Crippen LogP contribution in [-0.4, -0.2) is 22.0 Å². The minimum absolute atomic E-state index is 0.100. The van der Waals surface area contributed by atoms with Crippen LogP contribution >= 0.6 is 0 Å². The van der Waals surface area contributed by atoms with Crippen molar-refractivity contribution in [2.45, 2.75) is 13.3 Å². The first-order valence-electron chi connectivity index (χ1n) is 7.29. The Kier molecular flexibility index (Phi) is 3.99. The van der Waals surface area contributed by atoms with Gasteiger partial charge in [-0.15, -0.1) is 0 Å². The first kappa shape index (κ1) is 15.7. The van der Waals surface area contributed by atoms with E-state index in [4.69, 9.17) is 4.74 Å². The van der Waals surface area contributed by atoms with Crippen LogP contribution in [0.15, 0.2) is 41.2 Å². The lowest BCUT2D eigenvalue weighted by Crippen LogP contribution is -2.12. The number of nitro benzene ring substituents is 1. The van der Waals surface area contributed by atoms with Crippen LogP contribution in [0.3, 0.4) is 0 Å². The lowest BCUT2D eigenvalue weighted by Gasteiger charge is -2.06. The van der Waals surface area contributed by atoms with Crippen LogP contribution in [0, 0.1) is 17.0 Å². The highest BCUT2D eigenvalue weighted by Gasteiger charge is 2.15. The third-order valence-electron chi connectivity index (χ3n) is 3.72. The van der Waals surface area contributed by atoms with E-state index in [1.54, 1.807) is 24.3 Å². The van der Waals surface area contributed by atoms with Gasteiger partial charge in [0.25, 0.3) is 5.56 Å². The second kappa shape index (κ2) is 6.11.